The smallest absolute Gasteiger partial charge is 0.303 e. The van der Waals surface area contributed by atoms with Crippen LogP contribution in [0.1, 0.15) is 61.3 Å². The fourth-order valence-corrected chi connectivity index (χ4v) is 6.79. The first kappa shape index (κ1) is 27.4. The van der Waals surface area contributed by atoms with Crippen molar-refractivity contribution in [2.24, 2.45) is 22.7 Å². The predicted octanol–water partition coefficient (Wildman–Crippen LogP) is 1.82. The van der Waals surface area contributed by atoms with Gasteiger partial charge in [-0.05, 0) is 35.5 Å². The fourth-order valence-electron chi connectivity index (χ4n) is 6.79. The number of rotatable bonds is 3. The number of carbonyl (C=O) groups is 3. The quantitative estimate of drug-likeness (QED) is 0.304. The molecule has 0 aromatic rings. The van der Waals surface area contributed by atoms with Gasteiger partial charge in [-0.25, -0.2) is 0 Å². The van der Waals surface area contributed by atoms with E-state index in [2.05, 4.69) is 6.58 Å². The summed E-state index contributed by atoms with van der Waals surface area (Å²) in [6, 6.07) is 0. The minimum Gasteiger partial charge on any atom is -0.462 e. The van der Waals surface area contributed by atoms with Gasteiger partial charge in [0.25, 0.3) is 0 Å². The van der Waals surface area contributed by atoms with Gasteiger partial charge in [-0.1, -0.05) is 27.4 Å². The molecule has 2 fully saturated rings. The molecule has 196 valence electrons. The molecule has 0 unspecified atom stereocenters. The third kappa shape index (κ3) is 4.42. The molecule has 3 aliphatic carbocycles. The van der Waals surface area contributed by atoms with Crippen molar-refractivity contribution < 1.29 is 43.9 Å². The van der Waals surface area contributed by atoms with Crippen LogP contribution in [-0.2, 0) is 28.6 Å². The SMILES string of the molecule is C=C1[C@@H](O)C[C@H](O)[C@@]2(C)[C@@H](O)[C@H](OC(C)=O)C3=C(C)[C@@H](OC(C)=O)C[C@@H]([C@@H](OC(C)=O)[C@H]12)C3(C)C. The highest BCUT2D eigenvalue weighted by molar-refractivity contribution is 5.68. The fraction of sp³-hybridized carbons (Fsp3) is 0.731. The topological polar surface area (TPSA) is 140 Å². The van der Waals surface area contributed by atoms with Crippen molar-refractivity contribution in [1.82, 2.24) is 0 Å². The monoisotopic (exact) mass is 494 g/mol. The van der Waals surface area contributed by atoms with Crippen molar-refractivity contribution >= 4 is 17.9 Å². The van der Waals surface area contributed by atoms with Gasteiger partial charge in [-0.2, -0.15) is 0 Å². The summed E-state index contributed by atoms with van der Waals surface area (Å²) in [4.78, 5) is 36.5. The Morgan fingerprint density at radius 3 is 1.97 bits per heavy atom. The Kier molecular flexibility index (Phi) is 7.30. The summed E-state index contributed by atoms with van der Waals surface area (Å²) in [7, 11) is 0. The number of carbonyl (C=O) groups excluding carboxylic acids is 3. The summed E-state index contributed by atoms with van der Waals surface area (Å²) in [6.07, 6.45) is -6.35. The molecule has 9 heteroatoms. The number of hydrogen-bond donors (Lipinski definition) is 3. The first-order chi connectivity index (χ1) is 16.0. The van der Waals surface area contributed by atoms with Crippen LogP contribution in [0.4, 0.5) is 0 Å². The zero-order valence-corrected chi connectivity index (χ0v) is 21.5. The third-order valence-electron chi connectivity index (χ3n) is 8.50. The Hall–Kier alpha value is -2.23. The maximum atomic E-state index is 12.3. The molecule has 2 bridgehead atoms. The number of hydrogen-bond acceptors (Lipinski definition) is 9. The van der Waals surface area contributed by atoms with Crippen LogP contribution in [0.15, 0.2) is 23.3 Å². The molecule has 0 aromatic heterocycles. The molecule has 0 saturated heterocycles. The molecule has 35 heavy (non-hydrogen) atoms. The second-order valence-corrected chi connectivity index (χ2v) is 11.0. The normalized spacial score (nSPS) is 40.7. The highest BCUT2D eigenvalue weighted by Crippen LogP contribution is 2.60. The van der Waals surface area contributed by atoms with E-state index in [1.165, 1.54) is 20.8 Å². The van der Waals surface area contributed by atoms with Crippen molar-refractivity contribution in [3.8, 4) is 0 Å². The molecule has 0 radical (unpaired) electrons. The van der Waals surface area contributed by atoms with E-state index in [9.17, 15) is 29.7 Å². The molecular formula is C26H38O9. The Morgan fingerprint density at radius 2 is 1.46 bits per heavy atom. The molecule has 2 saturated carbocycles. The lowest BCUT2D eigenvalue weighted by molar-refractivity contribution is -0.213. The molecule has 3 rings (SSSR count). The second-order valence-electron chi connectivity index (χ2n) is 11.0. The van der Waals surface area contributed by atoms with Gasteiger partial charge < -0.3 is 29.5 Å². The molecule has 0 heterocycles. The predicted molar refractivity (Wildman–Crippen MR) is 125 cm³/mol. The standard InChI is InChI=1S/C26H38O9/c1-11-17(30)10-19(31)26(8)21(11)22(34-14(4)28)16-9-18(33-13(3)27)12(2)20(25(16,6)7)23(24(26)32)35-15(5)29/h16-19,21-24,30-32H,1,9-10H2,2-8H3/t16-,17-,18-,19-,21-,22+,23+,24-,26+/m0/s1. The van der Waals surface area contributed by atoms with E-state index in [0.29, 0.717) is 16.7 Å². The van der Waals surface area contributed by atoms with Crippen molar-refractivity contribution in [1.29, 1.82) is 0 Å². The maximum absolute atomic E-state index is 12.3. The number of ether oxygens (including phenoxy) is 3. The van der Waals surface area contributed by atoms with E-state index in [1.807, 2.05) is 13.8 Å². The van der Waals surface area contributed by atoms with E-state index in [4.69, 9.17) is 14.2 Å². The molecule has 0 spiro atoms. The van der Waals surface area contributed by atoms with Crippen LogP contribution in [0.3, 0.4) is 0 Å². The van der Waals surface area contributed by atoms with Gasteiger partial charge in [0.05, 0.1) is 12.2 Å². The Labute approximate surface area is 206 Å². The molecule has 0 aromatic carbocycles. The van der Waals surface area contributed by atoms with Crippen molar-refractivity contribution in [2.45, 2.75) is 97.9 Å². The van der Waals surface area contributed by atoms with Crippen LogP contribution < -0.4 is 0 Å². The third-order valence-corrected chi connectivity index (χ3v) is 8.50. The summed E-state index contributed by atoms with van der Waals surface area (Å²) in [6.45, 7) is 15.1. The highest BCUT2D eigenvalue weighted by atomic mass is 16.6. The van der Waals surface area contributed by atoms with Gasteiger partial charge in [0.2, 0.25) is 0 Å². The van der Waals surface area contributed by atoms with E-state index >= 15 is 0 Å². The molecule has 9 atom stereocenters. The van der Waals surface area contributed by atoms with Crippen molar-refractivity contribution in [3.05, 3.63) is 23.3 Å². The Bertz CT molecular complexity index is 950. The lowest BCUT2D eigenvalue weighted by atomic mass is 9.48. The lowest BCUT2D eigenvalue weighted by Crippen LogP contribution is -2.67. The van der Waals surface area contributed by atoms with Gasteiger partial charge in [0, 0.05) is 44.4 Å². The van der Waals surface area contributed by atoms with Gasteiger partial charge in [-0.3, -0.25) is 14.4 Å². The summed E-state index contributed by atoms with van der Waals surface area (Å²) in [5.74, 6) is -3.06. The average molecular weight is 495 g/mol. The summed E-state index contributed by atoms with van der Waals surface area (Å²) >= 11 is 0. The minimum atomic E-state index is -1.45. The summed E-state index contributed by atoms with van der Waals surface area (Å²) < 4.78 is 17.2. The van der Waals surface area contributed by atoms with Crippen LogP contribution in [0.2, 0.25) is 0 Å². The zero-order chi connectivity index (χ0) is 26.6. The Balaban J connectivity index is 2.39. The molecule has 0 aliphatic heterocycles. The molecule has 3 N–H and O–H groups in total. The van der Waals surface area contributed by atoms with Crippen LogP contribution in [0.5, 0.6) is 0 Å². The van der Waals surface area contributed by atoms with Crippen LogP contribution >= 0.6 is 0 Å². The Morgan fingerprint density at radius 1 is 0.914 bits per heavy atom. The summed E-state index contributed by atoms with van der Waals surface area (Å²) in [5.41, 5.74) is -0.663. The first-order valence-electron chi connectivity index (χ1n) is 12.0. The molecule has 0 amide bonds. The number of aliphatic hydroxyl groups excluding tert-OH is 3. The van der Waals surface area contributed by atoms with Crippen molar-refractivity contribution in [3.63, 3.8) is 0 Å². The molecular weight excluding hydrogens is 456 g/mol. The average Bonchev–Trinajstić information content (AvgIpc) is 2.71. The lowest BCUT2D eigenvalue weighted by Gasteiger charge is -2.60. The second kappa shape index (κ2) is 9.33. The van der Waals surface area contributed by atoms with Crippen LogP contribution in [0.25, 0.3) is 0 Å². The number of fused-ring (bicyclic) bond motifs is 3. The minimum absolute atomic E-state index is 0.0787. The van der Waals surface area contributed by atoms with Gasteiger partial charge in [0.1, 0.15) is 18.3 Å². The van der Waals surface area contributed by atoms with Gasteiger partial charge in [-0.15, -0.1) is 0 Å². The number of esters is 3. The summed E-state index contributed by atoms with van der Waals surface area (Å²) in [5, 5.41) is 33.9. The maximum Gasteiger partial charge on any atom is 0.303 e. The van der Waals surface area contributed by atoms with Gasteiger partial charge in [0.15, 0.2) is 6.10 Å². The number of aliphatic hydroxyl groups is 3. The zero-order valence-electron chi connectivity index (χ0n) is 21.5. The highest BCUT2D eigenvalue weighted by Gasteiger charge is 2.65. The van der Waals surface area contributed by atoms with E-state index in [1.54, 1.807) is 13.8 Å². The van der Waals surface area contributed by atoms with E-state index in [-0.39, 0.29) is 12.8 Å². The molecule has 3 aliphatic rings. The van der Waals surface area contributed by atoms with Gasteiger partial charge >= 0.3 is 17.9 Å². The largest absolute Gasteiger partial charge is 0.462 e. The van der Waals surface area contributed by atoms with E-state index in [0.717, 1.165) is 0 Å². The van der Waals surface area contributed by atoms with Crippen molar-refractivity contribution in [2.75, 3.05) is 0 Å². The van der Waals surface area contributed by atoms with E-state index < -0.39 is 77.2 Å². The molecule has 9 nitrogen and oxygen atoms in total. The van der Waals surface area contributed by atoms with Crippen LogP contribution in [-0.4, -0.2) is 69.9 Å². The van der Waals surface area contributed by atoms with Crippen LogP contribution in [0, 0.1) is 22.7 Å². The first-order valence-corrected chi connectivity index (χ1v) is 12.0.